The van der Waals surface area contributed by atoms with Gasteiger partial charge in [0.05, 0.1) is 11.8 Å². The van der Waals surface area contributed by atoms with Gasteiger partial charge < -0.3 is 15.4 Å². The largest absolute Gasteiger partial charge is 0.457 e. The molecule has 136 valence electrons. The van der Waals surface area contributed by atoms with Crippen LogP contribution >= 0.6 is 0 Å². The molecule has 0 radical (unpaired) electrons. The van der Waals surface area contributed by atoms with Gasteiger partial charge in [-0.2, -0.15) is 0 Å². The van der Waals surface area contributed by atoms with Gasteiger partial charge >= 0.3 is 12.0 Å². The number of hydrogen-bond donors (Lipinski definition) is 2. The number of rotatable bonds is 4. The highest BCUT2D eigenvalue weighted by Gasteiger charge is 2.26. The molecule has 8 nitrogen and oxygen atoms in total. The first-order valence-electron chi connectivity index (χ1n) is 8.13. The van der Waals surface area contributed by atoms with Gasteiger partial charge in [-0.3, -0.25) is 0 Å². The zero-order chi connectivity index (χ0) is 18.0. The minimum atomic E-state index is -3.19. The Hall–Kier alpha value is -2.13. The number of nitrogens with zero attached hydrogens (tertiary/aromatic N) is 1. The standard InChI is InChI=1S/C16H21N3O5S/c1-25(22,23)19-6-2-3-11(9-19)8-17-16(21)18-13-4-5-14-12(7-13)10-24-15(14)20/h4-5,7,11H,2-3,6,8-10H2,1H3,(H2,17,18,21). The second-order valence-corrected chi connectivity index (χ2v) is 8.39. The highest BCUT2D eigenvalue weighted by atomic mass is 32.2. The maximum atomic E-state index is 12.0. The monoisotopic (exact) mass is 367 g/mol. The summed E-state index contributed by atoms with van der Waals surface area (Å²) in [5, 5.41) is 5.50. The Labute approximate surface area is 146 Å². The maximum Gasteiger partial charge on any atom is 0.338 e. The Morgan fingerprint density at radius 2 is 2.20 bits per heavy atom. The van der Waals surface area contributed by atoms with Crippen LogP contribution in [0.4, 0.5) is 10.5 Å². The molecule has 25 heavy (non-hydrogen) atoms. The molecule has 1 atom stereocenters. The van der Waals surface area contributed by atoms with Crippen LogP contribution in [-0.2, 0) is 21.4 Å². The number of nitrogens with one attached hydrogen (secondary N) is 2. The van der Waals surface area contributed by atoms with Crippen molar-refractivity contribution in [3.63, 3.8) is 0 Å². The number of sulfonamides is 1. The van der Waals surface area contributed by atoms with Gasteiger partial charge in [-0.1, -0.05) is 0 Å². The molecule has 0 saturated carbocycles. The number of urea groups is 1. The summed E-state index contributed by atoms with van der Waals surface area (Å²) in [6.07, 6.45) is 2.88. The molecule has 1 unspecified atom stereocenters. The minimum Gasteiger partial charge on any atom is -0.457 e. The van der Waals surface area contributed by atoms with Gasteiger partial charge in [0.25, 0.3) is 0 Å². The summed E-state index contributed by atoms with van der Waals surface area (Å²) in [6, 6.07) is 4.63. The maximum absolute atomic E-state index is 12.0. The quantitative estimate of drug-likeness (QED) is 0.777. The topological polar surface area (TPSA) is 105 Å². The number of carbonyl (C=O) groups is 2. The summed E-state index contributed by atoms with van der Waals surface area (Å²) < 4.78 is 29.6. The predicted octanol–water partition coefficient (Wildman–Crippen LogP) is 1.15. The second kappa shape index (κ2) is 7.01. The van der Waals surface area contributed by atoms with Crippen molar-refractivity contribution in [3.8, 4) is 0 Å². The fourth-order valence-electron chi connectivity index (χ4n) is 3.12. The lowest BCUT2D eigenvalue weighted by molar-refractivity contribution is 0.0535. The van der Waals surface area contributed by atoms with Crippen molar-refractivity contribution < 1.29 is 22.7 Å². The Balaban J connectivity index is 1.51. The smallest absolute Gasteiger partial charge is 0.338 e. The number of ether oxygens (including phenoxy) is 1. The van der Waals surface area contributed by atoms with Crippen molar-refractivity contribution in [1.29, 1.82) is 0 Å². The van der Waals surface area contributed by atoms with Crippen LogP contribution in [0, 0.1) is 5.92 Å². The first-order valence-corrected chi connectivity index (χ1v) is 9.98. The van der Waals surface area contributed by atoms with Crippen LogP contribution in [0.25, 0.3) is 0 Å². The lowest BCUT2D eigenvalue weighted by Crippen LogP contribution is -2.43. The van der Waals surface area contributed by atoms with E-state index in [0.29, 0.717) is 30.9 Å². The van der Waals surface area contributed by atoms with Gasteiger partial charge in [0, 0.05) is 30.9 Å². The fourth-order valence-corrected chi connectivity index (χ4v) is 4.06. The summed E-state index contributed by atoms with van der Waals surface area (Å²) in [6.45, 7) is 1.59. The minimum absolute atomic E-state index is 0.0975. The van der Waals surface area contributed by atoms with Gasteiger partial charge in [0.15, 0.2) is 0 Å². The van der Waals surface area contributed by atoms with Crippen LogP contribution in [0.1, 0.15) is 28.8 Å². The highest BCUT2D eigenvalue weighted by molar-refractivity contribution is 7.88. The third kappa shape index (κ3) is 4.29. The lowest BCUT2D eigenvalue weighted by Gasteiger charge is -2.30. The second-order valence-electron chi connectivity index (χ2n) is 6.41. The molecule has 1 fully saturated rings. The molecule has 1 saturated heterocycles. The normalized spacial score (nSPS) is 20.7. The van der Waals surface area contributed by atoms with Crippen molar-refractivity contribution in [2.75, 3.05) is 31.2 Å². The van der Waals surface area contributed by atoms with E-state index in [1.807, 2.05) is 0 Å². The molecule has 2 aliphatic rings. The van der Waals surface area contributed by atoms with Gasteiger partial charge in [0.2, 0.25) is 10.0 Å². The molecule has 0 spiro atoms. The molecular weight excluding hydrogens is 346 g/mol. The van der Waals surface area contributed by atoms with E-state index in [1.165, 1.54) is 10.6 Å². The number of anilines is 1. The van der Waals surface area contributed by atoms with Gasteiger partial charge in [-0.15, -0.1) is 0 Å². The Kier molecular flexibility index (Phi) is 4.96. The summed E-state index contributed by atoms with van der Waals surface area (Å²) >= 11 is 0. The Morgan fingerprint density at radius 3 is 2.96 bits per heavy atom. The summed E-state index contributed by atoms with van der Waals surface area (Å²) in [4.78, 5) is 23.5. The molecule has 0 bridgehead atoms. The van der Waals surface area contributed by atoms with Crippen molar-refractivity contribution in [2.24, 2.45) is 5.92 Å². The number of cyclic esters (lactones) is 1. The van der Waals surface area contributed by atoms with Crippen LogP contribution < -0.4 is 10.6 Å². The number of carbonyl (C=O) groups excluding carboxylic acids is 2. The van der Waals surface area contributed by atoms with Crippen LogP contribution in [0.2, 0.25) is 0 Å². The molecule has 2 heterocycles. The number of amides is 2. The third-order valence-corrected chi connectivity index (χ3v) is 5.71. The van der Waals surface area contributed by atoms with E-state index in [0.717, 1.165) is 18.4 Å². The molecule has 0 aliphatic carbocycles. The summed E-state index contributed by atoms with van der Waals surface area (Å²) in [5.41, 5.74) is 1.85. The first kappa shape index (κ1) is 17.7. The Bertz CT molecular complexity index is 793. The number of esters is 1. The molecule has 9 heteroatoms. The first-order chi connectivity index (χ1) is 11.8. The molecule has 1 aromatic rings. The van der Waals surface area contributed by atoms with Crippen LogP contribution in [0.5, 0.6) is 0 Å². The number of fused-ring (bicyclic) bond motifs is 1. The number of benzene rings is 1. The number of piperidine rings is 1. The highest BCUT2D eigenvalue weighted by Crippen LogP contribution is 2.23. The molecule has 2 aliphatic heterocycles. The van der Waals surface area contributed by atoms with Crippen LogP contribution in [-0.4, -0.2) is 50.6 Å². The van der Waals surface area contributed by atoms with E-state index >= 15 is 0 Å². The third-order valence-electron chi connectivity index (χ3n) is 4.44. The zero-order valence-electron chi connectivity index (χ0n) is 13.9. The molecule has 3 rings (SSSR count). The molecule has 0 aromatic heterocycles. The van der Waals surface area contributed by atoms with Crippen molar-refractivity contribution >= 4 is 27.7 Å². The van der Waals surface area contributed by atoms with Gasteiger partial charge in [0.1, 0.15) is 6.61 Å². The van der Waals surface area contributed by atoms with Crippen molar-refractivity contribution in [3.05, 3.63) is 29.3 Å². The Morgan fingerprint density at radius 1 is 1.40 bits per heavy atom. The molecule has 2 N–H and O–H groups in total. The van der Waals surface area contributed by atoms with Crippen molar-refractivity contribution in [1.82, 2.24) is 9.62 Å². The average molecular weight is 367 g/mol. The average Bonchev–Trinajstić information content (AvgIpc) is 2.93. The number of hydrogen-bond acceptors (Lipinski definition) is 5. The van der Waals surface area contributed by atoms with Crippen molar-refractivity contribution in [2.45, 2.75) is 19.4 Å². The van der Waals surface area contributed by atoms with E-state index in [2.05, 4.69) is 10.6 Å². The van der Waals surface area contributed by atoms with Crippen LogP contribution in [0.15, 0.2) is 18.2 Å². The SMILES string of the molecule is CS(=O)(=O)N1CCCC(CNC(=O)Nc2ccc3c(c2)COC3=O)C1. The van der Waals surface area contributed by atoms with E-state index in [-0.39, 0.29) is 24.5 Å². The predicted molar refractivity (Wildman–Crippen MR) is 91.7 cm³/mol. The zero-order valence-corrected chi connectivity index (χ0v) is 14.8. The van der Waals surface area contributed by atoms with E-state index in [1.54, 1.807) is 18.2 Å². The molecule has 2 amide bonds. The fraction of sp³-hybridized carbons (Fsp3) is 0.500. The summed E-state index contributed by atoms with van der Waals surface area (Å²) in [5.74, 6) is -0.251. The van der Waals surface area contributed by atoms with E-state index in [4.69, 9.17) is 4.74 Å². The van der Waals surface area contributed by atoms with Gasteiger partial charge in [-0.05, 0) is 37.0 Å². The van der Waals surface area contributed by atoms with Crippen LogP contribution in [0.3, 0.4) is 0 Å². The molecule has 1 aromatic carbocycles. The van der Waals surface area contributed by atoms with Gasteiger partial charge in [-0.25, -0.2) is 22.3 Å². The lowest BCUT2D eigenvalue weighted by atomic mass is 10.00. The van der Waals surface area contributed by atoms with E-state index < -0.39 is 10.0 Å². The molecular formula is C16H21N3O5S. The summed E-state index contributed by atoms with van der Waals surface area (Å²) in [7, 11) is -3.19. The van der Waals surface area contributed by atoms with E-state index in [9.17, 15) is 18.0 Å².